The van der Waals surface area contributed by atoms with Gasteiger partial charge in [-0.05, 0) is 36.2 Å². The summed E-state index contributed by atoms with van der Waals surface area (Å²) in [6.45, 7) is 2.06. The lowest BCUT2D eigenvalue weighted by Gasteiger charge is -2.19. The maximum Gasteiger partial charge on any atom is 0.166 e. The maximum atomic E-state index is 13.3. The Hall–Kier alpha value is -1.55. The van der Waals surface area contributed by atoms with Crippen molar-refractivity contribution in [1.82, 2.24) is 0 Å². The predicted octanol–water partition coefficient (Wildman–Crippen LogP) is 4.86. The third-order valence-corrected chi connectivity index (χ3v) is 3.44. The van der Waals surface area contributed by atoms with Crippen molar-refractivity contribution in [3.05, 3.63) is 58.3 Å². The van der Waals surface area contributed by atoms with Gasteiger partial charge in [0.15, 0.2) is 11.6 Å². The van der Waals surface area contributed by atoms with E-state index in [-0.39, 0.29) is 11.8 Å². The Balaban J connectivity index is 2.21. The number of halogens is 2. The Morgan fingerprint density at radius 3 is 2.68 bits per heavy atom. The van der Waals surface area contributed by atoms with Crippen LogP contribution in [0.3, 0.4) is 0 Å². The summed E-state index contributed by atoms with van der Waals surface area (Å²) < 4.78 is 14.3. The number of nitrogens with one attached hydrogen (secondary N) is 1. The van der Waals surface area contributed by atoms with Crippen LogP contribution in [-0.2, 0) is 0 Å². The van der Waals surface area contributed by atoms with E-state index in [1.807, 2.05) is 24.3 Å². The normalized spacial score (nSPS) is 12.2. The quantitative estimate of drug-likeness (QED) is 0.788. The van der Waals surface area contributed by atoms with Crippen LogP contribution in [0, 0.1) is 5.82 Å². The van der Waals surface area contributed by atoms with E-state index < -0.39 is 5.82 Å². The van der Waals surface area contributed by atoms with Gasteiger partial charge in [0.2, 0.25) is 0 Å². The molecule has 0 aromatic heterocycles. The largest absolute Gasteiger partial charge is 0.505 e. The molecule has 2 nitrogen and oxygen atoms in total. The van der Waals surface area contributed by atoms with Gasteiger partial charge in [-0.2, -0.15) is 0 Å². The lowest BCUT2D eigenvalue weighted by atomic mass is 10.0. The minimum atomic E-state index is -0.617. The van der Waals surface area contributed by atoms with Gasteiger partial charge in [-0.1, -0.05) is 35.0 Å². The first-order chi connectivity index (χ1) is 9.10. The molecule has 0 saturated carbocycles. The molecule has 0 heterocycles. The number of benzene rings is 2. The molecule has 0 aliphatic rings. The summed E-state index contributed by atoms with van der Waals surface area (Å²) in [5.41, 5.74) is 1.78. The zero-order valence-electron chi connectivity index (χ0n) is 10.5. The molecule has 0 saturated heterocycles. The molecule has 0 aliphatic carbocycles. The fourth-order valence-corrected chi connectivity index (χ4v) is 2.36. The second-order valence-corrected chi connectivity index (χ2v) is 5.24. The summed E-state index contributed by atoms with van der Waals surface area (Å²) >= 11 is 3.45. The number of aromatic hydroxyl groups is 1. The summed E-state index contributed by atoms with van der Waals surface area (Å²) in [6, 6.07) is 12.4. The third-order valence-electron chi connectivity index (χ3n) is 2.95. The predicted molar refractivity (Wildman–Crippen MR) is 78.9 cm³/mol. The zero-order chi connectivity index (χ0) is 13.8. The first-order valence-electron chi connectivity index (χ1n) is 6.10. The van der Waals surface area contributed by atoms with Crippen LogP contribution in [0.1, 0.15) is 24.9 Å². The van der Waals surface area contributed by atoms with Crippen molar-refractivity contribution in [2.75, 3.05) is 5.32 Å². The molecular weight excluding hydrogens is 309 g/mol. The molecule has 2 aromatic rings. The van der Waals surface area contributed by atoms with Gasteiger partial charge in [-0.25, -0.2) is 4.39 Å². The number of hydrogen-bond donors (Lipinski definition) is 2. The lowest BCUT2D eigenvalue weighted by Crippen LogP contribution is -2.09. The molecule has 2 N–H and O–H groups in total. The van der Waals surface area contributed by atoms with E-state index in [1.165, 1.54) is 12.1 Å². The maximum absolute atomic E-state index is 13.3. The summed E-state index contributed by atoms with van der Waals surface area (Å²) in [4.78, 5) is 0. The highest BCUT2D eigenvalue weighted by atomic mass is 79.9. The molecule has 2 rings (SSSR count). The van der Waals surface area contributed by atoms with Gasteiger partial charge in [0, 0.05) is 16.2 Å². The van der Waals surface area contributed by atoms with E-state index in [9.17, 15) is 9.50 Å². The summed E-state index contributed by atoms with van der Waals surface area (Å²) in [6.07, 6.45) is 0.874. The van der Waals surface area contributed by atoms with E-state index in [1.54, 1.807) is 6.07 Å². The second kappa shape index (κ2) is 6.06. The topological polar surface area (TPSA) is 32.3 Å². The van der Waals surface area contributed by atoms with Gasteiger partial charge in [0.1, 0.15) is 0 Å². The van der Waals surface area contributed by atoms with Crippen LogP contribution in [0.25, 0.3) is 0 Å². The van der Waals surface area contributed by atoms with Gasteiger partial charge in [-0.15, -0.1) is 0 Å². The highest BCUT2D eigenvalue weighted by Gasteiger charge is 2.10. The van der Waals surface area contributed by atoms with Gasteiger partial charge in [0.25, 0.3) is 0 Å². The number of rotatable bonds is 4. The van der Waals surface area contributed by atoms with Crippen molar-refractivity contribution in [2.24, 2.45) is 0 Å². The molecule has 19 heavy (non-hydrogen) atoms. The number of anilines is 1. The highest BCUT2D eigenvalue weighted by molar-refractivity contribution is 9.10. The third kappa shape index (κ3) is 3.47. The van der Waals surface area contributed by atoms with Crippen LogP contribution in [0.2, 0.25) is 0 Å². The molecule has 0 fully saturated rings. The zero-order valence-corrected chi connectivity index (χ0v) is 12.1. The van der Waals surface area contributed by atoms with Crippen LogP contribution < -0.4 is 5.32 Å². The van der Waals surface area contributed by atoms with Crippen LogP contribution in [0.4, 0.5) is 10.1 Å². The Kier molecular flexibility index (Phi) is 4.43. The molecule has 0 amide bonds. The SMILES string of the molecule is CCC(Nc1ccc(O)c(F)c1)c1cccc(Br)c1. The summed E-state index contributed by atoms with van der Waals surface area (Å²) in [5.74, 6) is -0.949. The van der Waals surface area contributed by atoms with Crippen molar-refractivity contribution >= 4 is 21.6 Å². The van der Waals surface area contributed by atoms with Crippen LogP contribution in [0.5, 0.6) is 5.75 Å². The Labute approximate surface area is 120 Å². The second-order valence-electron chi connectivity index (χ2n) is 4.33. The molecule has 1 atom stereocenters. The molecule has 2 aromatic carbocycles. The van der Waals surface area contributed by atoms with E-state index in [0.29, 0.717) is 5.69 Å². The van der Waals surface area contributed by atoms with Gasteiger partial charge < -0.3 is 10.4 Å². The molecule has 0 radical (unpaired) electrons. The molecule has 0 aliphatic heterocycles. The number of hydrogen-bond acceptors (Lipinski definition) is 2. The monoisotopic (exact) mass is 323 g/mol. The fraction of sp³-hybridized carbons (Fsp3) is 0.200. The molecular formula is C15H15BrFNO. The van der Waals surface area contributed by atoms with E-state index in [4.69, 9.17) is 0 Å². The van der Waals surface area contributed by atoms with Crippen molar-refractivity contribution in [3.8, 4) is 5.75 Å². The molecule has 0 bridgehead atoms. The minimum absolute atomic E-state index is 0.0986. The first kappa shape index (κ1) is 13.9. The Bertz CT molecular complexity index is 574. The molecule has 4 heteroatoms. The minimum Gasteiger partial charge on any atom is -0.505 e. The van der Waals surface area contributed by atoms with E-state index in [2.05, 4.69) is 28.2 Å². The van der Waals surface area contributed by atoms with Crippen molar-refractivity contribution in [3.63, 3.8) is 0 Å². The van der Waals surface area contributed by atoms with Crippen molar-refractivity contribution in [1.29, 1.82) is 0 Å². The van der Waals surface area contributed by atoms with Crippen LogP contribution in [0.15, 0.2) is 46.9 Å². The molecule has 100 valence electrons. The fourth-order valence-electron chi connectivity index (χ4n) is 1.94. The Morgan fingerprint density at radius 2 is 2.05 bits per heavy atom. The number of phenols is 1. The van der Waals surface area contributed by atoms with Gasteiger partial charge >= 0.3 is 0 Å². The average molecular weight is 324 g/mol. The highest BCUT2D eigenvalue weighted by Crippen LogP contribution is 2.27. The first-order valence-corrected chi connectivity index (χ1v) is 6.90. The van der Waals surface area contributed by atoms with Crippen LogP contribution in [-0.4, -0.2) is 5.11 Å². The standard InChI is InChI=1S/C15H15BrFNO/c1-2-14(10-4-3-5-11(16)8-10)18-12-6-7-15(19)13(17)9-12/h3-9,14,18-19H,2H2,1H3. The van der Waals surface area contributed by atoms with Crippen LogP contribution >= 0.6 is 15.9 Å². The molecule has 1 unspecified atom stereocenters. The number of phenolic OH excluding ortho intramolecular Hbond substituents is 1. The smallest absolute Gasteiger partial charge is 0.166 e. The average Bonchev–Trinajstić information content (AvgIpc) is 2.40. The van der Waals surface area contributed by atoms with Gasteiger partial charge in [-0.3, -0.25) is 0 Å². The van der Waals surface area contributed by atoms with Crippen molar-refractivity contribution in [2.45, 2.75) is 19.4 Å². The molecule has 0 spiro atoms. The van der Waals surface area contributed by atoms with E-state index >= 15 is 0 Å². The lowest BCUT2D eigenvalue weighted by molar-refractivity contribution is 0.432. The van der Waals surface area contributed by atoms with Gasteiger partial charge in [0.05, 0.1) is 6.04 Å². The summed E-state index contributed by atoms with van der Waals surface area (Å²) in [5, 5.41) is 12.4. The Morgan fingerprint density at radius 1 is 1.26 bits per heavy atom. The summed E-state index contributed by atoms with van der Waals surface area (Å²) in [7, 11) is 0. The van der Waals surface area contributed by atoms with Crippen molar-refractivity contribution < 1.29 is 9.50 Å². The van der Waals surface area contributed by atoms with E-state index in [0.717, 1.165) is 16.5 Å².